The van der Waals surface area contributed by atoms with Crippen molar-refractivity contribution in [2.24, 2.45) is 0 Å². The fraction of sp³-hybridized carbons (Fsp3) is 0.375. The molecule has 1 aliphatic heterocycles. The molecular weight excluding hydrogens is 443 g/mol. The van der Waals surface area contributed by atoms with E-state index in [2.05, 4.69) is 14.5 Å². The molecule has 1 amide bonds. The van der Waals surface area contributed by atoms with Crippen LogP contribution in [0.2, 0.25) is 0 Å². The van der Waals surface area contributed by atoms with E-state index in [1.54, 1.807) is 31.2 Å². The van der Waals surface area contributed by atoms with Gasteiger partial charge in [0, 0.05) is 38.4 Å². The van der Waals surface area contributed by atoms with Gasteiger partial charge in [0.05, 0.1) is 29.0 Å². The first-order valence-corrected chi connectivity index (χ1v) is 12.1. The van der Waals surface area contributed by atoms with Crippen molar-refractivity contribution in [3.63, 3.8) is 0 Å². The third-order valence-corrected chi connectivity index (χ3v) is 6.65. The molecular formula is C24H27FN4O3S. The maximum Gasteiger partial charge on any atom is 0.338 e. The van der Waals surface area contributed by atoms with Gasteiger partial charge < -0.3 is 19.1 Å². The smallest absolute Gasteiger partial charge is 0.338 e. The minimum atomic E-state index is -0.366. The number of anilines is 1. The first-order chi connectivity index (χ1) is 16.0. The Bertz CT molecular complexity index is 1140. The lowest BCUT2D eigenvalue weighted by Gasteiger charge is -2.36. The van der Waals surface area contributed by atoms with Crippen molar-refractivity contribution in [1.29, 1.82) is 0 Å². The van der Waals surface area contributed by atoms with Crippen LogP contribution in [0.1, 0.15) is 24.2 Å². The number of hydrogen-bond acceptors (Lipinski definition) is 6. The second-order valence-electron chi connectivity index (χ2n) is 7.70. The van der Waals surface area contributed by atoms with Gasteiger partial charge in [0.2, 0.25) is 5.91 Å². The fourth-order valence-corrected chi connectivity index (χ4v) is 4.93. The number of carbonyl (C=O) groups excluding carboxylic acids is 2. The molecule has 0 saturated carbocycles. The number of thioether (sulfide) groups is 1. The second kappa shape index (κ2) is 10.2. The summed E-state index contributed by atoms with van der Waals surface area (Å²) in [6, 6.07) is 11.8. The molecule has 2 aromatic carbocycles. The zero-order chi connectivity index (χ0) is 23.4. The number of aromatic nitrogens is 2. The lowest BCUT2D eigenvalue weighted by molar-refractivity contribution is -0.128. The van der Waals surface area contributed by atoms with Gasteiger partial charge in [-0.1, -0.05) is 11.8 Å². The number of carbonyl (C=O) groups is 2. The average molecular weight is 471 g/mol. The van der Waals surface area contributed by atoms with Crippen molar-refractivity contribution < 1.29 is 18.7 Å². The molecule has 0 unspecified atom stereocenters. The molecule has 7 nitrogen and oxygen atoms in total. The highest BCUT2D eigenvalue weighted by molar-refractivity contribution is 7.99. The van der Waals surface area contributed by atoms with E-state index in [0.29, 0.717) is 56.2 Å². The molecule has 0 atom stereocenters. The van der Waals surface area contributed by atoms with Crippen LogP contribution in [0.15, 0.2) is 47.6 Å². The van der Waals surface area contributed by atoms with Crippen LogP contribution in [0.5, 0.6) is 0 Å². The van der Waals surface area contributed by atoms with Gasteiger partial charge in [-0.25, -0.2) is 14.2 Å². The summed E-state index contributed by atoms with van der Waals surface area (Å²) in [5, 5.41) is 0.756. The first-order valence-electron chi connectivity index (χ1n) is 11.1. The molecule has 0 bridgehead atoms. The zero-order valence-electron chi connectivity index (χ0n) is 18.8. The number of amides is 1. The molecule has 9 heteroatoms. The normalized spacial score (nSPS) is 14.0. The Labute approximate surface area is 196 Å². The summed E-state index contributed by atoms with van der Waals surface area (Å²) in [6.45, 7) is 7.52. The topological polar surface area (TPSA) is 67.7 Å². The van der Waals surface area contributed by atoms with Crippen LogP contribution in [0.4, 0.5) is 10.1 Å². The summed E-state index contributed by atoms with van der Waals surface area (Å²) in [5.74, 6) is -0.250. The molecule has 0 radical (unpaired) electrons. The van der Waals surface area contributed by atoms with Crippen LogP contribution >= 0.6 is 11.8 Å². The maximum absolute atomic E-state index is 13.2. The third kappa shape index (κ3) is 5.13. The van der Waals surface area contributed by atoms with Crippen molar-refractivity contribution in [2.45, 2.75) is 25.5 Å². The highest BCUT2D eigenvalue weighted by Gasteiger charge is 2.22. The summed E-state index contributed by atoms with van der Waals surface area (Å²) < 4.78 is 20.3. The number of nitrogens with zero attached hydrogens (tertiary/aromatic N) is 4. The Morgan fingerprint density at radius 3 is 2.45 bits per heavy atom. The lowest BCUT2D eigenvalue weighted by Crippen LogP contribution is -2.49. The molecule has 4 rings (SSSR count). The average Bonchev–Trinajstić information content (AvgIpc) is 3.20. The Morgan fingerprint density at radius 1 is 1.06 bits per heavy atom. The molecule has 0 N–H and O–H groups in total. The minimum absolute atomic E-state index is 0.0701. The summed E-state index contributed by atoms with van der Waals surface area (Å²) in [4.78, 5) is 33.6. The Balaban J connectivity index is 1.38. The Kier molecular flexibility index (Phi) is 7.17. The number of ether oxygens (including phenoxy) is 1. The number of halogens is 1. The zero-order valence-corrected chi connectivity index (χ0v) is 19.6. The van der Waals surface area contributed by atoms with E-state index >= 15 is 0 Å². The van der Waals surface area contributed by atoms with E-state index in [4.69, 9.17) is 4.74 Å². The molecule has 174 valence electrons. The van der Waals surface area contributed by atoms with Crippen molar-refractivity contribution >= 4 is 40.4 Å². The number of rotatable bonds is 7. The number of esters is 1. The summed E-state index contributed by atoms with van der Waals surface area (Å²) in [7, 11) is 0. The number of hydrogen-bond donors (Lipinski definition) is 0. The predicted molar refractivity (Wildman–Crippen MR) is 127 cm³/mol. The molecule has 0 spiro atoms. The van der Waals surface area contributed by atoms with Crippen LogP contribution in [-0.4, -0.2) is 64.9 Å². The van der Waals surface area contributed by atoms with Crippen molar-refractivity contribution in [3.8, 4) is 0 Å². The number of benzene rings is 2. The Hall–Kier alpha value is -3.07. The number of aryl methyl sites for hydroxylation is 1. The van der Waals surface area contributed by atoms with E-state index < -0.39 is 0 Å². The summed E-state index contributed by atoms with van der Waals surface area (Å²) in [6.07, 6.45) is 0. The summed E-state index contributed by atoms with van der Waals surface area (Å²) in [5.41, 5.74) is 3.08. The molecule has 1 aliphatic rings. The van der Waals surface area contributed by atoms with Crippen molar-refractivity contribution in [1.82, 2.24) is 14.5 Å². The van der Waals surface area contributed by atoms with Gasteiger partial charge in [0.1, 0.15) is 5.82 Å². The van der Waals surface area contributed by atoms with Crippen molar-refractivity contribution in [2.75, 3.05) is 43.4 Å². The largest absolute Gasteiger partial charge is 0.462 e. The minimum Gasteiger partial charge on any atom is -0.462 e. The van der Waals surface area contributed by atoms with Gasteiger partial charge in [-0.2, -0.15) is 0 Å². The van der Waals surface area contributed by atoms with Gasteiger partial charge in [-0.15, -0.1) is 0 Å². The first kappa shape index (κ1) is 23.1. The van der Waals surface area contributed by atoms with Gasteiger partial charge in [-0.3, -0.25) is 4.79 Å². The highest BCUT2D eigenvalue weighted by Crippen LogP contribution is 2.26. The highest BCUT2D eigenvalue weighted by atomic mass is 32.2. The molecule has 3 aromatic rings. The van der Waals surface area contributed by atoms with Crippen LogP contribution in [0, 0.1) is 5.82 Å². The number of piperazine rings is 1. The van der Waals surface area contributed by atoms with Gasteiger partial charge in [-0.05, 0) is 56.3 Å². The fourth-order valence-electron chi connectivity index (χ4n) is 3.95. The monoisotopic (exact) mass is 470 g/mol. The van der Waals surface area contributed by atoms with E-state index in [-0.39, 0.29) is 17.7 Å². The third-order valence-electron chi connectivity index (χ3n) is 5.69. The van der Waals surface area contributed by atoms with Crippen LogP contribution in [0.3, 0.4) is 0 Å². The van der Waals surface area contributed by atoms with Crippen LogP contribution < -0.4 is 4.90 Å². The summed E-state index contributed by atoms with van der Waals surface area (Å²) >= 11 is 1.41. The predicted octanol–water partition coefficient (Wildman–Crippen LogP) is 3.81. The van der Waals surface area contributed by atoms with Crippen LogP contribution in [-0.2, 0) is 16.1 Å². The van der Waals surface area contributed by atoms with E-state index in [0.717, 1.165) is 16.4 Å². The quantitative estimate of drug-likeness (QED) is 0.386. The molecule has 1 fully saturated rings. The van der Waals surface area contributed by atoms with Gasteiger partial charge >= 0.3 is 5.97 Å². The van der Waals surface area contributed by atoms with Gasteiger partial charge in [0.25, 0.3) is 0 Å². The molecule has 33 heavy (non-hydrogen) atoms. The van der Waals surface area contributed by atoms with E-state index in [1.807, 2.05) is 17.9 Å². The number of imidazole rings is 1. The molecule has 1 saturated heterocycles. The van der Waals surface area contributed by atoms with E-state index in [1.165, 1.54) is 23.9 Å². The Morgan fingerprint density at radius 2 is 1.79 bits per heavy atom. The number of fused-ring (bicyclic) bond motifs is 1. The maximum atomic E-state index is 13.2. The lowest BCUT2D eigenvalue weighted by atomic mass is 10.2. The van der Waals surface area contributed by atoms with Crippen molar-refractivity contribution in [3.05, 3.63) is 53.8 Å². The molecule has 0 aliphatic carbocycles. The standard InChI is InChI=1S/C24H27FN4O3S/c1-3-29-21-10-5-17(23(31)32-4-2)15-20(21)26-24(29)33-16-22(30)28-13-11-27(12-14-28)19-8-6-18(25)7-9-19/h5-10,15H,3-4,11-14,16H2,1-2H3. The van der Waals surface area contributed by atoms with Crippen LogP contribution in [0.25, 0.3) is 11.0 Å². The van der Waals surface area contributed by atoms with Gasteiger partial charge in [0.15, 0.2) is 5.16 Å². The van der Waals surface area contributed by atoms with E-state index in [9.17, 15) is 14.0 Å². The molecule has 2 heterocycles. The second-order valence-corrected chi connectivity index (χ2v) is 8.64. The SMILES string of the molecule is CCOC(=O)c1ccc2c(c1)nc(SCC(=O)N1CCN(c3ccc(F)cc3)CC1)n2CC. The molecule has 1 aromatic heterocycles.